The van der Waals surface area contributed by atoms with E-state index in [9.17, 15) is 28.8 Å². The van der Waals surface area contributed by atoms with Crippen LogP contribution in [0.3, 0.4) is 0 Å². The van der Waals surface area contributed by atoms with Gasteiger partial charge in [0, 0.05) is 19.1 Å². The Kier molecular flexibility index (Phi) is 15.3. The first-order valence-corrected chi connectivity index (χ1v) is 15.8. The highest BCUT2D eigenvalue weighted by Crippen LogP contribution is 2.43. The molecule has 46 heavy (non-hydrogen) atoms. The Labute approximate surface area is 274 Å². The van der Waals surface area contributed by atoms with Crippen molar-refractivity contribution in [2.24, 2.45) is 11.3 Å². The van der Waals surface area contributed by atoms with E-state index in [0.717, 1.165) is 23.0 Å². The van der Waals surface area contributed by atoms with E-state index in [0.29, 0.717) is 25.7 Å². The number of rotatable bonds is 8. The first-order valence-electron chi connectivity index (χ1n) is 15.8. The summed E-state index contributed by atoms with van der Waals surface area (Å²) in [6.07, 6.45) is 7.80. The summed E-state index contributed by atoms with van der Waals surface area (Å²) in [5.74, 6) is -1.53. The summed E-state index contributed by atoms with van der Waals surface area (Å²) in [6, 6.07) is -1.51. The zero-order valence-electron chi connectivity index (χ0n) is 29.0. The van der Waals surface area contributed by atoms with Crippen molar-refractivity contribution < 1.29 is 43.0 Å². The van der Waals surface area contributed by atoms with Crippen molar-refractivity contribution in [3.63, 3.8) is 0 Å². The minimum atomic E-state index is -0.837. The second-order valence-electron chi connectivity index (χ2n) is 13.8. The molecule has 3 heterocycles. The number of likely N-dealkylation sites (tertiary alicyclic amines) is 2. The molecular weight excluding hydrogens is 592 g/mol. The fourth-order valence-electron chi connectivity index (χ4n) is 5.38. The van der Waals surface area contributed by atoms with Crippen molar-refractivity contribution in [3.8, 4) is 0 Å². The molecule has 0 aromatic carbocycles. The van der Waals surface area contributed by atoms with Gasteiger partial charge in [-0.15, -0.1) is 19.7 Å². The maximum atomic E-state index is 12.8. The average Bonchev–Trinajstić information content (AvgIpc) is 3.65. The third-order valence-corrected chi connectivity index (χ3v) is 7.44. The van der Waals surface area contributed by atoms with Gasteiger partial charge in [-0.2, -0.15) is 0 Å². The van der Waals surface area contributed by atoms with Crippen LogP contribution in [0, 0.1) is 11.3 Å². The highest BCUT2D eigenvalue weighted by molar-refractivity contribution is 6.04. The second kappa shape index (κ2) is 17.4. The van der Waals surface area contributed by atoms with Crippen LogP contribution in [-0.2, 0) is 33.4 Å². The molecule has 0 N–H and O–H groups in total. The summed E-state index contributed by atoms with van der Waals surface area (Å²) in [5, 5.41) is 0. The number of hydrogen-bond donors (Lipinski definition) is 0. The number of ether oxygens (including phenoxy) is 3. The molecular formula is C35H54N2O9. The smallest absolute Gasteiger partial charge is 0.417 e. The average molecular weight is 647 g/mol. The minimum absolute atomic E-state index is 0.203. The van der Waals surface area contributed by atoms with E-state index in [1.165, 1.54) is 26.7 Å². The van der Waals surface area contributed by atoms with Crippen molar-refractivity contribution in [2.75, 3.05) is 13.2 Å². The van der Waals surface area contributed by atoms with Gasteiger partial charge in [0.25, 0.3) is 0 Å². The van der Waals surface area contributed by atoms with Crippen LogP contribution in [0.2, 0.25) is 0 Å². The van der Waals surface area contributed by atoms with Gasteiger partial charge >= 0.3 is 12.2 Å². The number of carbonyl (C=O) groups is 6. The molecule has 3 rings (SSSR count). The molecule has 3 aliphatic heterocycles. The molecule has 3 fully saturated rings. The van der Waals surface area contributed by atoms with Crippen molar-refractivity contribution in [2.45, 2.75) is 124 Å². The standard InChI is InChI=1S/C17H25NO4.C14H21NO4.C4H8O/c1-7-9-17(10-8-2)11-13(12(3)19)18(14(17)20)15(21)22-16(4,5)6;1-6-7-10-8-11(9(2)16)15(12(10)17)13(18)19-14(3,4)5;1-2-4-5-3-1/h7-8,13H,1-2,9-11H2,3-6H3;6,10-11H,1,7-8H2,2-5H3;1-4H2/t;10?,11-;/m.0./s1. The number of allylic oxidation sites excluding steroid dienone is 3. The molecule has 258 valence electrons. The fraction of sp³-hybridized carbons (Fsp3) is 0.657. The van der Waals surface area contributed by atoms with Gasteiger partial charge in [0.1, 0.15) is 23.3 Å². The summed E-state index contributed by atoms with van der Waals surface area (Å²) in [4.78, 5) is 74.8. The lowest BCUT2D eigenvalue weighted by atomic mass is 9.78. The summed E-state index contributed by atoms with van der Waals surface area (Å²) in [5.41, 5.74) is -2.27. The van der Waals surface area contributed by atoms with Crippen LogP contribution in [0.5, 0.6) is 0 Å². The molecule has 0 saturated carbocycles. The molecule has 11 nitrogen and oxygen atoms in total. The van der Waals surface area contributed by atoms with E-state index in [-0.39, 0.29) is 35.7 Å². The maximum absolute atomic E-state index is 12.8. The monoisotopic (exact) mass is 646 g/mol. The normalized spacial score (nSPS) is 22.1. The van der Waals surface area contributed by atoms with E-state index in [1.807, 2.05) is 0 Å². The minimum Gasteiger partial charge on any atom is -0.443 e. The van der Waals surface area contributed by atoms with Crippen molar-refractivity contribution in [1.29, 1.82) is 0 Å². The van der Waals surface area contributed by atoms with Crippen LogP contribution in [0.1, 0.15) is 100 Å². The molecule has 3 saturated heterocycles. The van der Waals surface area contributed by atoms with Crippen LogP contribution in [0.4, 0.5) is 9.59 Å². The zero-order valence-corrected chi connectivity index (χ0v) is 29.0. The Morgan fingerprint density at radius 2 is 1.26 bits per heavy atom. The Bertz CT molecular complexity index is 1140. The van der Waals surface area contributed by atoms with Crippen molar-refractivity contribution in [3.05, 3.63) is 38.0 Å². The fourth-order valence-corrected chi connectivity index (χ4v) is 5.38. The molecule has 0 radical (unpaired) electrons. The van der Waals surface area contributed by atoms with Crippen LogP contribution >= 0.6 is 0 Å². The Morgan fingerprint density at radius 3 is 1.61 bits per heavy atom. The quantitative estimate of drug-likeness (QED) is 0.276. The number of ketones is 2. The molecule has 11 heteroatoms. The van der Waals surface area contributed by atoms with E-state index < -0.39 is 40.9 Å². The number of carbonyl (C=O) groups excluding carboxylic acids is 6. The molecule has 0 spiro atoms. The maximum Gasteiger partial charge on any atom is 0.417 e. The van der Waals surface area contributed by atoms with Gasteiger partial charge < -0.3 is 14.2 Å². The number of Topliss-reactive ketones (excluding diaryl/α,β-unsaturated/α-hetero) is 2. The van der Waals surface area contributed by atoms with Crippen LogP contribution in [-0.4, -0.2) is 81.9 Å². The van der Waals surface area contributed by atoms with Gasteiger partial charge in [0.05, 0.1) is 5.41 Å². The highest BCUT2D eigenvalue weighted by atomic mass is 16.6. The predicted octanol–water partition coefficient (Wildman–Crippen LogP) is 6.35. The van der Waals surface area contributed by atoms with Crippen LogP contribution < -0.4 is 0 Å². The summed E-state index contributed by atoms with van der Waals surface area (Å²) in [7, 11) is 0. The molecule has 2 unspecified atom stereocenters. The largest absolute Gasteiger partial charge is 0.443 e. The van der Waals surface area contributed by atoms with Gasteiger partial charge in [0.15, 0.2) is 11.6 Å². The zero-order chi connectivity index (χ0) is 35.5. The number of imide groups is 2. The van der Waals surface area contributed by atoms with Crippen LogP contribution in [0.15, 0.2) is 38.0 Å². The first kappa shape index (κ1) is 40.4. The van der Waals surface area contributed by atoms with Crippen LogP contribution in [0.25, 0.3) is 0 Å². The summed E-state index contributed by atoms with van der Waals surface area (Å²) < 4.78 is 15.4. The van der Waals surface area contributed by atoms with Crippen molar-refractivity contribution in [1.82, 2.24) is 9.80 Å². The van der Waals surface area contributed by atoms with Gasteiger partial charge in [-0.1, -0.05) is 18.2 Å². The highest BCUT2D eigenvalue weighted by Gasteiger charge is 2.55. The molecule has 3 atom stereocenters. The lowest BCUT2D eigenvalue weighted by Gasteiger charge is -2.27. The first-order chi connectivity index (χ1) is 21.2. The molecule has 3 aliphatic rings. The van der Waals surface area contributed by atoms with E-state index >= 15 is 0 Å². The number of hydrogen-bond acceptors (Lipinski definition) is 9. The number of amides is 4. The van der Waals surface area contributed by atoms with Gasteiger partial charge in [-0.05, 0) is 100 Å². The summed E-state index contributed by atoms with van der Waals surface area (Å²) >= 11 is 0. The molecule has 4 amide bonds. The van der Waals surface area contributed by atoms with E-state index in [4.69, 9.17) is 14.2 Å². The Balaban J connectivity index is 0.000000401. The number of nitrogens with zero attached hydrogens (tertiary/aromatic N) is 2. The molecule has 0 bridgehead atoms. The van der Waals surface area contributed by atoms with E-state index in [2.05, 4.69) is 19.7 Å². The molecule has 0 aliphatic carbocycles. The van der Waals surface area contributed by atoms with E-state index in [1.54, 1.807) is 59.8 Å². The predicted molar refractivity (Wildman–Crippen MR) is 175 cm³/mol. The molecule has 0 aromatic heterocycles. The third-order valence-electron chi connectivity index (χ3n) is 7.44. The SMILES string of the molecule is C1CCOC1.C=CCC1(CC=C)CC(C(C)=O)N(C(=O)OC(C)(C)C)C1=O.C=CCC1C[C@@H](C(C)=O)N(C(=O)OC(C)(C)C)C1=O. The Morgan fingerprint density at radius 1 is 0.804 bits per heavy atom. The lowest BCUT2D eigenvalue weighted by Crippen LogP contribution is -2.46. The Hall–Kier alpha value is -3.60. The topological polar surface area (TPSA) is 137 Å². The molecule has 0 aromatic rings. The summed E-state index contributed by atoms with van der Waals surface area (Å²) in [6.45, 7) is 26.0. The van der Waals surface area contributed by atoms with Gasteiger partial charge in [-0.25, -0.2) is 19.4 Å². The lowest BCUT2D eigenvalue weighted by molar-refractivity contribution is -0.138. The van der Waals surface area contributed by atoms with Crippen molar-refractivity contribution >= 4 is 35.6 Å². The second-order valence-corrected chi connectivity index (χ2v) is 13.8. The van der Waals surface area contributed by atoms with Gasteiger partial charge in [-0.3, -0.25) is 19.2 Å². The third kappa shape index (κ3) is 11.6. The van der Waals surface area contributed by atoms with Gasteiger partial charge in [0.2, 0.25) is 11.8 Å².